The maximum absolute atomic E-state index is 11.8. The van der Waals surface area contributed by atoms with Crippen LogP contribution in [-0.4, -0.2) is 49.3 Å². The second-order valence-corrected chi connectivity index (χ2v) is 9.30. The lowest BCUT2D eigenvalue weighted by molar-refractivity contribution is -0.180. The van der Waals surface area contributed by atoms with Crippen molar-refractivity contribution in [1.82, 2.24) is 4.90 Å². The lowest BCUT2D eigenvalue weighted by Gasteiger charge is -2.57. The Morgan fingerprint density at radius 1 is 1.14 bits per heavy atom. The van der Waals surface area contributed by atoms with Gasteiger partial charge in [-0.05, 0) is 56.2 Å². The normalized spacial score (nSPS) is 40.4. The second-order valence-electron chi connectivity index (χ2n) is 9.30. The molecule has 0 aromatic heterocycles. The number of amides is 1. The number of nitrogens with zero attached hydrogens (tertiary/aromatic N) is 1. The van der Waals surface area contributed by atoms with Crippen molar-refractivity contribution in [3.8, 4) is 0 Å². The highest BCUT2D eigenvalue weighted by molar-refractivity contribution is 5.92. The number of nitrogens with two attached hydrogens (primary N) is 1. The van der Waals surface area contributed by atoms with Gasteiger partial charge in [-0.3, -0.25) is 9.69 Å². The van der Waals surface area contributed by atoms with E-state index >= 15 is 0 Å². The Kier molecular flexibility index (Phi) is 4.73. The van der Waals surface area contributed by atoms with Gasteiger partial charge >= 0.3 is 0 Å². The molecule has 4 bridgehead atoms. The lowest BCUT2D eigenvalue weighted by Crippen LogP contribution is -2.61. The number of carbonyl (C=O) groups is 1. The summed E-state index contributed by atoms with van der Waals surface area (Å²) in [6.07, 6.45) is 9.43. The molecule has 4 fully saturated rings. The van der Waals surface area contributed by atoms with Gasteiger partial charge in [0.1, 0.15) is 5.60 Å². The summed E-state index contributed by atoms with van der Waals surface area (Å²) in [5, 5.41) is 0. The highest BCUT2D eigenvalue weighted by Gasteiger charge is 2.54. The molecule has 152 valence electrons. The molecule has 4 aliphatic rings. The summed E-state index contributed by atoms with van der Waals surface area (Å²) in [5.74, 6) is 0.538. The fourth-order valence-electron chi connectivity index (χ4n) is 6.73. The summed E-state index contributed by atoms with van der Waals surface area (Å²) >= 11 is 0. The minimum absolute atomic E-state index is 0.301. The van der Waals surface area contributed by atoms with Gasteiger partial charge in [-0.25, -0.2) is 0 Å². The molecule has 0 radical (unpaired) electrons. The summed E-state index contributed by atoms with van der Waals surface area (Å²) in [4.78, 5) is 14.5. The first-order valence-electron chi connectivity index (χ1n) is 10.9. The Bertz CT molecular complexity index is 725. The fourth-order valence-corrected chi connectivity index (χ4v) is 6.73. The molecule has 28 heavy (non-hydrogen) atoms. The fraction of sp³-hybridized carbons (Fsp3) is 0.696. The van der Waals surface area contributed by atoms with Gasteiger partial charge in [0.25, 0.3) is 0 Å². The number of ether oxygens (including phenoxy) is 2. The smallest absolute Gasteiger partial charge is 0.248 e. The predicted octanol–water partition coefficient (Wildman–Crippen LogP) is 3.07. The standard InChI is InChI=1S/C23H32N2O3/c1-27-23(16-5-2-4-15(10-16)22(24)26)17-6-3-7-18(23)14-25(13-17)19-11-20-8-9-21(12-19)28-20/h2,4-5,10,17-21H,3,6-9,11-14H2,1H3,(H2,24,26). The molecule has 3 saturated heterocycles. The van der Waals surface area contributed by atoms with E-state index in [0.717, 1.165) is 18.7 Å². The van der Waals surface area contributed by atoms with Crippen LogP contribution in [0.2, 0.25) is 0 Å². The molecule has 5 rings (SSSR count). The van der Waals surface area contributed by atoms with Crippen LogP contribution in [0.25, 0.3) is 0 Å². The number of likely N-dealkylation sites (tertiary alicyclic amines) is 1. The zero-order valence-electron chi connectivity index (χ0n) is 16.8. The van der Waals surface area contributed by atoms with Crippen molar-refractivity contribution in [3.05, 3.63) is 35.4 Å². The van der Waals surface area contributed by atoms with Crippen LogP contribution in [0, 0.1) is 11.8 Å². The van der Waals surface area contributed by atoms with E-state index < -0.39 is 0 Å². The zero-order chi connectivity index (χ0) is 19.3. The van der Waals surface area contributed by atoms with Gasteiger partial charge in [0, 0.05) is 43.6 Å². The van der Waals surface area contributed by atoms with Gasteiger partial charge in [0.2, 0.25) is 5.91 Å². The number of rotatable bonds is 4. The highest BCUT2D eigenvalue weighted by atomic mass is 16.5. The topological polar surface area (TPSA) is 64.8 Å². The average molecular weight is 385 g/mol. The van der Waals surface area contributed by atoms with Crippen molar-refractivity contribution in [2.75, 3.05) is 20.2 Å². The second kappa shape index (κ2) is 7.12. The van der Waals surface area contributed by atoms with Gasteiger partial charge in [-0.15, -0.1) is 0 Å². The van der Waals surface area contributed by atoms with Crippen LogP contribution in [-0.2, 0) is 15.1 Å². The lowest BCUT2D eigenvalue weighted by atomic mass is 9.62. The Balaban J connectivity index is 1.44. The molecule has 0 spiro atoms. The molecule has 3 aliphatic heterocycles. The SMILES string of the molecule is COC1(c2cccc(C(N)=O)c2)C2CCCC1CN(C1CC3CCC(C1)O3)C2. The first-order chi connectivity index (χ1) is 13.6. The third kappa shape index (κ3) is 2.90. The number of benzene rings is 1. The van der Waals surface area contributed by atoms with Crippen LogP contribution in [0.1, 0.15) is 60.9 Å². The van der Waals surface area contributed by atoms with E-state index in [0.29, 0.717) is 35.6 Å². The van der Waals surface area contributed by atoms with Crippen molar-refractivity contribution < 1.29 is 14.3 Å². The number of piperidine rings is 1. The molecule has 1 aromatic rings. The number of fused-ring (bicyclic) bond motifs is 4. The molecule has 1 saturated carbocycles. The number of hydrogen-bond acceptors (Lipinski definition) is 4. The van der Waals surface area contributed by atoms with E-state index in [1.165, 1.54) is 44.9 Å². The summed E-state index contributed by atoms with van der Waals surface area (Å²) in [6, 6.07) is 8.51. The van der Waals surface area contributed by atoms with E-state index in [1.807, 2.05) is 19.2 Å². The highest BCUT2D eigenvalue weighted by Crippen LogP contribution is 2.52. The average Bonchev–Trinajstić information content (AvgIpc) is 3.04. The van der Waals surface area contributed by atoms with Crippen LogP contribution >= 0.6 is 0 Å². The quantitative estimate of drug-likeness (QED) is 0.866. The third-order valence-electron chi connectivity index (χ3n) is 7.95. The van der Waals surface area contributed by atoms with Crippen LogP contribution in [0.4, 0.5) is 0 Å². The Morgan fingerprint density at radius 2 is 1.82 bits per heavy atom. The summed E-state index contributed by atoms with van der Waals surface area (Å²) in [5.41, 5.74) is 6.97. The first-order valence-corrected chi connectivity index (χ1v) is 10.9. The van der Waals surface area contributed by atoms with Crippen LogP contribution in [0.5, 0.6) is 0 Å². The molecule has 1 amide bonds. The number of carbonyl (C=O) groups excluding carboxylic acids is 1. The summed E-state index contributed by atoms with van der Waals surface area (Å²) in [6.45, 7) is 2.16. The van der Waals surface area contributed by atoms with E-state index in [2.05, 4.69) is 11.0 Å². The Labute approximate surface area is 167 Å². The van der Waals surface area contributed by atoms with E-state index in [4.69, 9.17) is 15.2 Å². The number of methoxy groups -OCH3 is 1. The van der Waals surface area contributed by atoms with Gasteiger partial charge in [0.05, 0.1) is 12.2 Å². The van der Waals surface area contributed by atoms with Crippen molar-refractivity contribution in [2.45, 2.75) is 68.8 Å². The molecular formula is C23H32N2O3. The molecule has 2 N–H and O–H groups in total. The monoisotopic (exact) mass is 384 g/mol. The van der Waals surface area contributed by atoms with Crippen LogP contribution < -0.4 is 5.73 Å². The molecule has 5 heteroatoms. The van der Waals surface area contributed by atoms with E-state index in [1.54, 1.807) is 6.07 Å². The van der Waals surface area contributed by atoms with Crippen molar-refractivity contribution in [2.24, 2.45) is 17.6 Å². The molecule has 5 nitrogen and oxygen atoms in total. The van der Waals surface area contributed by atoms with Crippen LogP contribution in [0.3, 0.4) is 0 Å². The Hall–Kier alpha value is -1.43. The molecule has 1 aromatic carbocycles. The van der Waals surface area contributed by atoms with Crippen molar-refractivity contribution in [1.29, 1.82) is 0 Å². The van der Waals surface area contributed by atoms with Crippen molar-refractivity contribution >= 4 is 5.91 Å². The van der Waals surface area contributed by atoms with Gasteiger partial charge in [-0.1, -0.05) is 18.6 Å². The molecule has 3 heterocycles. The minimum atomic E-state index is -0.367. The predicted molar refractivity (Wildman–Crippen MR) is 107 cm³/mol. The molecular weight excluding hydrogens is 352 g/mol. The maximum atomic E-state index is 11.8. The zero-order valence-corrected chi connectivity index (χ0v) is 16.8. The summed E-state index contributed by atoms with van der Waals surface area (Å²) < 4.78 is 12.4. The third-order valence-corrected chi connectivity index (χ3v) is 7.95. The minimum Gasteiger partial charge on any atom is -0.375 e. The van der Waals surface area contributed by atoms with Gasteiger partial charge in [-0.2, -0.15) is 0 Å². The molecule has 1 aliphatic carbocycles. The van der Waals surface area contributed by atoms with E-state index in [9.17, 15) is 4.79 Å². The van der Waals surface area contributed by atoms with Crippen molar-refractivity contribution in [3.63, 3.8) is 0 Å². The van der Waals surface area contributed by atoms with Gasteiger partial charge in [0.15, 0.2) is 0 Å². The van der Waals surface area contributed by atoms with E-state index in [-0.39, 0.29) is 11.5 Å². The van der Waals surface area contributed by atoms with Crippen LogP contribution in [0.15, 0.2) is 24.3 Å². The number of hydrogen-bond donors (Lipinski definition) is 1. The Morgan fingerprint density at radius 3 is 2.43 bits per heavy atom. The largest absolute Gasteiger partial charge is 0.375 e. The summed E-state index contributed by atoms with van der Waals surface area (Å²) in [7, 11) is 1.85. The first kappa shape index (κ1) is 18.6. The molecule has 4 atom stereocenters. The van der Waals surface area contributed by atoms with Gasteiger partial charge < -0.3 is 15.2 Å². The molecule has 4 unspecified atom stereocenters. The number of primary amides is 1. The maximum Gasteiger partial charge on any atom is 0.248 e.